The molecule has 1 aromatic carbocycles. The Morgan fingerprint density at radius 1 is 0.931 bits per heavy atom. The molecule has 0 saturated carbocycles. The monoisotopic (exact) mass is 422 g/mol. The molecule has 0 aromatic heterocycles. The zero-order valence-electron chi connectivity index (χ0n) is 19.7. The molecule has 3 nitrogen and oxygen atoms in total. The molecule has 0 unspecified atom stereocenters. The molecular weight excluding hydrogens is 380 g/mol. The summed E-state index contributed by atoms with van der Waals surface area (Å²) in [6, 6.07) is 4.17. The van der Waals surface area contributed by atoms with Gasteiger partial charge in [-0.15, -0.1) is 11.8 Å². The minimum absolute atomic E-state index is 0.130. The molecule has 0 aliphatic carbocycles. The zero-order valence-corrected chi connectivity index (χ0v) is 20.5. The number of thioether (sulfide) groups is 1. The van der Waals surface area contributed by atoms with Crippen molar-refractivity contribution in [3.05, 3.63) is 28.8 Å². The van der Waals surface area contributed by atoms with E-state index in [-0.39, 0.29) is 16.8 Å². The van der Waals surface area contributed by atoms with Gasteiger partial charge in [-0.3, -0.25) is 4.79 Å². The third-order valence-corrected chi connectivity index (χ3v) is 6.01. The van der Waals surface area contributed by atoms with Gasteiger partial charge in [0.2, 0.25) is 0 Å². The van der Waals surface area contributed by atoms with Gasteiger partial charge in [0.1, 0.15) is 5.75 Å². The van der Waals surface area contributed by atoms with Gasteiger partial charge < -0.3 is 9.84 Å². The molecule has 0 saturated heterocycles. The summed E-state index contributed by atoms with van der Waals surface area (Å²) in [6.45, 7) is 15.4. The summed E-state index contributed by atoms with van der Waals surface area (Å²) in [4.78, 5) is 12.0. The van der Waals surface area contributed by atoms with Gasteiger partial charge >= 0.3 is 5.97 Å². The molecule has 0 amide bonds. The van der Waals surface area contributed by atoms with Gasteiger partial charge in [-0.25, -0.2) is 0 Å². The maximum Gasteiger partial charge on any atom is 0.315 e. The number of aromatic hydroxyl groups is 1. The number of unbranched alkanes of at least 4 members (excludes halogenated alkanes) is 5. The fourth-order valence-corrected chi connectivity index (χ4v) is 4.04. The highest BCUT2D eigenvalue weighted by Gasteiger charge is 2.26. The number of hydrogen-bond donors (Lipinski definition) is 1. The van der Waals surface area contributed by atoms with Gasteiger partial charge in [0.25, 0.3) is 0 Å². The Bertz CT molecular complexity index is 603. The number of benzene rings is 1. The van der Waals surface area contributed by atoms with Crippen LogP contribution >= 0.6 is 11.8 Å². The van der Waals surface area contributed by atoms with Crippen LogP contribution in [-0.2, 0) is 26.1 Å². The molecule has 0 bridgehead atoms. The van der Waals surface area contributed by atoms with Crippen molar-refractivity contribution in [1.29, 1.82) is 0 Å². The third kappa shape index (κ3) is 9.46. The smallest absolute Gasteiger partial charge is 0.315 e. The molecule has 0 aliphatic rings. The van der Waals surface area contributed by atoms with Gasteiger partial charge in [-0.05, 0) is 33.9 Å². The lowest BCUT2D eigenvalue weighted by molar-refractivity contribution is -0.140. The van der Waals surface area contributed by atoms with E-state index in [1.165, 1.54) is 25.7 Å². The van der Waals surface area contributed by atoms with E-state index in [4.69, 9.17) is 4.74 Å². The first-order valence-electron chi connectivity index (χ1n) is 11.1. The number of phenolic OH excluding ortho intramolecular Hbond substituents is 1. The van der Waals surface area contributed by atoms with Crippen molar-refractivity contribution in [2.24, 2.45) is 0 Å². The SMILES string of the molecule is CCCCCCCCOC(=O)CSCc1cc(C(C)(C)C)c(O)c(C(C)(C)C)c1. The zero-order chi connectivity index (χ0) is 22.1. The van der Waals surface area contributed by atoms with Crippen LogP contribution in [0.25, 0.3) is 0 Å². The Hall–Kier alpha value is -1.16. The van der Waals surface area contributed by atoms with Crippen LogP contribution in [-0.4, -0.2) is 23.4 Å². The second-order valence-corrected chi connectivity index (χ2v) is 11.0. The van der Waals surface area contributed by atoms with Crippen LogP contribution < -0.4 is 0 Å². The third-order valence-electron chi connectivity index (χ3n) is 5.04. The molecule has 0 fully saturated rings. The minimum atomic E-state index is -0.138. The molecule has 4 heteroatoms. The average molecular weight is 423 g/mol. The summed E-state index contributed by atoms with van der Waals surface area (Å²) in [5.41, 5.74) is 2.80. The summed E-state index contributed by atoms with van der Waals surface area (Å²) in [7, 11) is 0. The number of hydrogen-bond acceptors (Lipinski definition) is 4. The number of rotatable bonds is 11. The van der Waals surface area contributed by atoms with Crippen molar-refractivity contribution in [2.75, 3.05) is 12.4 Å². The van der Waals surface area contributed by atoms with E-state index >= 15 is 0 Å². The maximum absolute atomic E-state index is 12.0. The van der Waals surface area contributed by atoms with E-state index in [2.05, 4.69) is 60.6 Å². The number of ether oxygens (including phenoxy) is 1. The van der Waals surface area contributed by atoms with E-state index < -0.39 is 0 Å². The van der Waals surface area contributed by atoms with Crippen molar-refractivity contribution in [3.8, 4) is 5.75 Å². The molecule has 0 radical (unpaired) electrons. The molecule has 1 rings (SSSR count). The molecule has 0 heterocycles. The van der Waals surface area contributed by atoms with Crippen LogP contribution in [0.15, 0.2) is 12.1 Å². The normalized spacial score (nSPS) is 12.2. The van der Waals surface area contributed by atoms with E-state index in [1.807, 2.05) is 0 Å². The second-order valence-electron chi connectivity index (χ2n) is 10.0. The number of phenols is 1. The van der Waals surface area contributed by atoms with Crippen LogP contribution in [0, 0.1) is 0 Å². The van der Waals surface area contributed by atoms with E-state index in [0.29, 0.717) is 18.1 Å². The lowest BCUT2D eigenvalue weighted by Crippen LogP contribution is -2.18. The van der Waals surface area contributed by atoms with Crippen molar-refractivity contribution in [3.63, 3.8) is 0 Å². The van der Waals surface area contributed by atoms with Crippen molar-refractivity contribution >= 4 is 17.7 Å². The standard InChI is InChI=1S/C25H42O3S/c1-8-9-10-11-12-13-14-28-22(26)18-29-17-19-15-20(24(2,3)4)23(27)21(16-19)25(5,6)7/h15-16,27H,8-14,17-18H2,1-7H3. The van der Waals surface area contributed by atoms with Crippen LogP contribution in [0.5, 0.6) is 5.75 Å². The quantitative estimate of drug-likeness (QED) is 0.304. The number of esters is 1. The Morgan fingerprint density at radius 3 is 1.97 bits per heavy atom. The number of carbonyl (C=O) groups excluding carboxylic acids is 1. The summed E-state index contributed by atoms with van der Waals surface area (Å²) in [5, 5.41) is 10.8. The van der Waals surface area contributed by atoms with Crippen molar-refractivity contribution in [1.82, 2.24) is 0 Å². The Morgan fingerprint density at radius 2 is 1.45 bits per heavy atom. The summed E-state index contributed by atoms with van der Waals surface area (Å²) < 4.78 is 5.36. The second kappa shape index (κ2) is 11.9. The first kappa shape index (κ1) is 25.9. The van der Waals surface area contributed by atoms with Crippen molar-refractivity contribution in [2.45, 2.75) is 104 Å². The minimum Gasteiger partial charge on any atom is -0.507 e. The summed E-state index contributed by atoms with van der Waals surface area (Å²) in [6.07, 6.45) is 7.15. The van der Waals surface area contributed by atoms with Gasteiger partial charge in [-0.1, -0.05) is 92.7 Å². The van der Waals surface area contributed by atoms with E-state index in [9.17, 15) is 9.90 Å². The topological polar surface area (TPSA) is 46.5 Å². The van der Waals surface area contributed by atoms with Crippen LogP contribution in [0.3, 0.4) is 0 Å². The molecule has 29 heavy (non-hydrogen) atoms. The predicted molar refractivity (Wildman–Crippen MR) is 126 cm³/mol. The molecule has 1 aromatic rings. The van der Waals surface area contributed by atoms with Gasteiger partial charge in [-0.2, -0.15) is 0 Å². The van der Waals surface area contributed by atoms with Gasteiger partial charge in [0, 0.05) is 5.75 Å². The molecular formula is C25H42O3S. The highest BCUT2D eigenvalue weighted by atomic mass is 32.2. The first-order chi connectivity index (χ1) is 13.5. The van der Waals surface area contributed by atoms with Crippen LogP contribution in [0.2, 0.25) is 0 Å². The first-order valence-corrected chi connectivity index (χ1v) is 12.2. The van der Waals surface area contributed by atoms with E-state index in [1.54, 1.807) is 11.8 Å². The van der Waals surface area contributed by atoms with Gasteiger partial charge in [0.15, 0.2) is 0 Å². The van der Waals surface area contributed by atoms with Crippen LogP contribution in [0.4, 0.5) is 0 Å². The average Bonchev–Trinajstić information content (AvgIpc) is 2.60. The maximum atomic E-state index is 12.0. The number of carbonyl (C=O) groups is 1. The largest absolute Gasteiger partial charge is 0.507 e. The molecule has 166 valence electrons. The van der Waals surface area contributed by atoms with Gasteiger partial charge in [0.05, 0.1) is 12.4 Å². The Kier molecular flexibility index (Phi) is 10.6. The molecule has 0 spiro atoms. The molecule has 0 atom stereocenters. The Labute approximate surface area is 183 Å². The summed E-state index contributed by atoms with van der Waals surface area (Å²) in [5.74, 6) is 1.37. The molecule has 1 N–H and O–H groups in total. The van der Waals surface area contributed by atoms with Crippen molar-refractivity contribution < 1.29 is 14.6 Å². The Balaban J connectivity index is 2.56. The fraction of sp³-hybridized carbons (Fsp3) is 0.720. The highest BCUT2D eigenvalue weighted by molar-refractivity contribution is 7.99. The van der Waals surface area contributed by atoms with E-state index in [0.717, 1.165) is 35.3 Å². The lowest BCUT2D eigenvalue weighted by Gasteiger charge is -2.28. The predicted octanol–water partition coefficient (Wildman–Crippen LogP) is 7.12. The summed E-state index contributed by atoms with van der Waals surface area (Å²) >= 11 is 1.58. The highest BCUT2D eigenvalue weighted by Crippen LogP contribution is 2.40. The van der Waals surface area contributed by atoms with Crippen LogP contribution in [0.1, 0.15) is 104 Å². The molecule has 0 aliphatic heterocycles. The fourth-order valence-electron chi connectivity index (χ4n) is 3.28. The lowest BCUT2D eigenvalue weighted by atomic mass is 9.78.